The standard InChI is InChI=1S/C10H18N4O3S/c1-13(2)18(16,17)14-5-3-4-10(14)9-6-8(7-15)11-12-9/h6,10,15H,3-5,7H2,1-2H3,(H,11,12). The zero-order chi connectivity index (χ0) is 13.3. The highest BCUT2D eigenvalue weighted by Gasteiger charge is 2.37. The van der Waals surface area contributed by atoms with E-state index in [4.69, 9.17) is 5.11 Å². The second kappa shape index (κ2) is 4.96. The monoisotopic (exact) mass is 274 g/mol. The van der Waals surface area contributed by atoms with Crippen molar-refractivity contribution in [1.29, 1.82) is 0 Å². The fraction of sp³-hybridized carbons (Fsp3) is 0.700. The molecule has 0 radical (unpaired) electrons. The van der Waals surface area contributed by atoms with E-state index in [-0.39, 0.29) is 12.6 Å². The van der Waals surface area contributed by atoms with Crippen molar-refractivity contribution in [3.63, 3.8) is 0 Å². The molecule has 1 aromatic rings. The normalized spacial score (nSPS) is 21.9. The lowest BCUT2D eigenvalue weighted by Crippen LogP contribution is -2.39. The molecule has 1 aromatic heterocycles. The van der Waals surface area contributed by atoms with E-state index in [1.54, 1.807) is 6.07 Å². The zero-order valence-corrected chi connectivity index (χ0v) is 11.3. The number of hydrogen-bond donors (Lipinski definition) is 2. The predicted octanol–water partition coefficient (Wildman–Crippen LogP) is -0.155. The van der Waals surface area contributed by atoms with E-state index >= 15 is 0 Å². The van der Waals surface area contributed by atoms with E-state index in [1.807, 2.05) is 0 Å². The maximum absolute atomic E-state index is 12.2. The first-order chi connectivity index (χ1) is 8.46. The molecule has 18 heavy (non-hydrogen) atoms. The van der Waals surface area contributed by atoms with Crippen molar-refractivity contribution in [2.24, 2.45) is 0 Å². The number of nitrogens with zero attached hydrogens (tertiary/aromatic N) is 3. The Morgan fingerprint density at radius 2 is 2.33 bits per heavy atom. The van der Waals surface area contributed by atoms with Crippen LogP contribution in [0.15, 0.2) is 6.07 Å². The summed E-state index contributed by atoms with van der Waals surface area (Å²) in [4.78, 5) is 0. The van der Waals surface area contributed by atoms with Crippen LogP contribution in [-0.4, -0.2) is 53.0 Å². The molecule has 7 nitrogen and oxygen atoms in total. The molecule has 1 atom stereocenters. The molecular weight excluding hydrogens is 256 g/mol. The number of hydrogen-bond acceptors (Lipinski definition) is 4. The minimum atomic E-state index is -3.42. The van der Waals surface area contributed by atoms with Crippen LogP contribution in [-0.2, 0) is 16.8 Å². The third kappa shape index (κ3) is 2.28. The van der Waals surface area contributed by atoms with E-state index < -0.39 is 10.2 Å². The van der Waals surface area contributed by atoms with Gasteiger partial charge in [-0.05, 0) is 18.9 Å². The van der Waals surface area contributed by atoms with Crippen molar-refractivity contribution in [3.8, 4) is 0 Å². The first-order valence-corrected chi connectivity index (χ1v) is 7.21. The Hall–Kier alpha value is -0.960. The lowest BCUT2D eigenvalue weighted by atomic mass is 10.1. The third-order valence-corrected chi connectivity index (χ3v) is 5.08. The van der Waals surface area contributed by atoms with Gasteiger partial charge in [0.1, 0.15) is 0 Å². The van der Waals surface area contributed by atoms with Crippen molar-refractivity contribution in [3.05, 3.63) is 17.5 Å². The van der Waals surface area contributed by atoms with Gasteiger partial charge in [-0.3, -0.25) is 5.10 Å². The average Bonchev–Trinajstić information content (AvgIpc) is 2.97. The topological polar surface area (TPSA) is 89.5 Å². The van der Waals surface area contributed by atoms with Crippen LogP contribution in [0.3, 0.4) is 0 Å². The predicted molar refractivity (Wildman–Crippen MR) is 65.8 cm³/mol. The van der Waals surface area contributed by atoms with Gasteiger partial charge in [-0.25, -0.2) is 0 Å². The van der Waals surface area contributed by atoms with Crippen molar-refractivity contribution in [2.75, 3.05) is 20.6 Å². The minimum Gasteiger partial charge on any atom is -0.390 e. The van der Waals surface area contributed by atoms with Crippen LogP contribution in [0.1, 0.15) is 30.3 Å². The molecule has 8 heteroatoms. The molecule has 1 saturated heterocycles. The van der Waals surface area contributed by atoms with Crippen LogP contribution >= 0.6 is 0 Å². The van der Waals surface area contributed by atoms with E-state index in [1.165, 1.54) is 22.7 Å². The SMILES string of the molecule is CN(C)S(=O)(=O)N1CCCC1c1cc(CO)[nH]n1. The molecule has 0 amide bonds. The van der Waals surface area contributed by atoms with Gasteiger partial charge in [-0.2, -0.15) is 22.1 Å². The van der Waals surface area contributed by atoms with E-state index in [2.05, 4.69) is 10.2 Å². The Kier molecular flexibility index (Phi) is 3.71. The van der Waals surface area contributed by atoms with Crippen molar-refractivity contribution >= 4 is 10.2 Å². The van der Waals surface area contributed by atoms with Crippen molar-refractivity contribution in [2.45, 2.75) is 25.5 Å². The van der Waals surface area contributed by atoms with Crippen molar-refractivity contribution < 1.29 is 13.5 Å². The quantitative estimate of drug-likeness (QED) is 0.798. The van der Waals surface area contributed by atoms with Crippen LogP contribution in [0.4, 0.5) is 0 Å². The number of rotatable bonds is 4. The Bertz CT molecular complexity index is 511. The fourth-order valence-electron chi connectivity index (χ4n) is 2.15. The van der Waals surface area contributed by atoms with Gasteiger partial charge in [0.05, 0.1) is 24.0 Å². The first kappa shape index (κ1) is 13.5. The highest BCUT2D eigenvalue weighted by atomic mass is 32.2. The van der Waals surface area contributed by atoms with Crippen LogP contribution in [0.2, 0.25) is 0 Å². The molecule has 0 saturated carbocycles. The maximum atomic E-state index is 12.2. The summed E-state index contributed by atoms with van der Waals surface area (Å²) < 4.78 is 27.0. The molecule has 2 heterocycles. The van der Waals surface area contributed by atoms with E-state index in [0.717, 1.165) is 12.8 Å². The molecule has 2 rings (SSSR count). The summed E-state index contributed by atoms with van der Waals surface area (Å²) >= 11 is 0. The van der Waals surface area contributed by atoms with Gasteiger partial charge in [-0.15, -0.1) is 0 Å². The summed E-state index contributed by atoms with van der Waals surface area (Å²) in [6.45, 7) is 0.382. The molecule has 1 fully saturated rings. The zero-order valence-electron chi connectivity index (χ0n) is 10.5. The Morgan fingerprint density at radius 3 is 2.89 bits per heavy atom. The van der Waals surface area contributed by atoms with Crippen LogP contribution in [0.25, 0.3) is 0 Å². The molecule has 1 unspecified atom stereocenters. The number of aliphatic hydroxyl groups is 1. The highest BCUT2D eigenvalue weighted by Crippen LogP contribution is 2.33. The minimum absolute atomic E-state index is 0.125. The van der Waals surface area contributed by atoms with Crippen molar-refractivity contribution in [1.82, 2.24) is 18.8 Å². The lowest BCUT2D eigenvalue weighted by Gasteiger charge is -2.25. The van der Waals surface area contributed by atoms with E-state index in [9.17, 15) is 8.42 Å². The molecule has 0 bridgehead atoms. The second-order valence-electron chi connectivity index (χ2n) is 4.54. The van der Waals surface area contributed by atoms with Gasteiger partial charge in [0.15, 0.2) is 0 Å². The summed E-state index contributed by atoms with van der Waals surface area (Å²) in [5, 5.41) is 15.8. The Balaban J connectivity index is 2.28. The van der Waals surface area contributed by atoms with Gasteiger partial charge in [0.2, 0.25) is 0 Å². The van der Waals surface area contributed by atoms with Gasteiger partial charge in [0, 0.05) is 20.6 Å². The van der Waals surface area contributed by atoms with E-state index in [0.29, 0.717) is 17.9 Å². The van der Waals surface area contributed by atoms with Gasteiger partial charge in [-0.1, -0.05) is 0 Å². The number of aromatic amines is 1. The number of nitrogens with one attached hydrogen (secondary N) is 1. The Labute approximate surface area is 107 Å². The molecule has 1 aliphatic rings. The van der Waals surface area contributed by atoms with Crippen LogP contribution in [0, 0.1) is 0 Å². The maximum Gasteiger partial charge on any atom is 0.282 e. The number of aliphatic hydroxyl groups excluding tert-OH is 1. The molecule has 2 N–H and O–H groups in total. The number of H-pyrrole nitrogens is 1. The molecule has 0 aromatic carbocycles. The van der Waals surface area contributed by atoms with Crippen LogP contribution < -0.4 is 0 Å². The molecule has 1 aliphatic heterocycles. The summed E-state index contributed by atoms with van der Waals surface area (Å²) in [6.07, 6.45) is 1.57. The van der Waals surface area contributed by atoms with Gasteiger partial charge < -0.3 is 5.11 Å². The summed E-state index contributed by atoms with van der Waals surface area (Å²) in [7, 11) is -0.377. The average molecular weight is 274 g/mol. The molecular formula is C10H18N4O3S. The summed E-state index contributed by atoms with van der Waals surface area (Å²) in [5.41, 5.74) is 1.26. The summed E-state index contributed by atoms with van der Waals surface area (Å²) in [5.74, 6) is 0. The first-order valence-electron chi connectivity index (χ1n) is 5.81. The highest BCUT2D eigenvalue weighted by molar-refractivity contribution is 7.86. The second-order valence-corrected chi connectivity index (χ2v) is 6.63. The summed E-state index contributed by atoms with van der Waals surface area (Å²) in [6, 6.07) is 1.47. The van der Waals surface area contributed by atoms with Crippen LogP contribution in [0.5, 0.6) is 0 Å². The number of aromatic nitrogens is 2. The molecule has 0 aliphatic carbocycles. The lowest BCUT2D eigenvalue weighted by molar-refractivity contribution is 0.276. The van der Waals surface area contributed by atoms with Gasteiger partial charge in [0.25, 0.3) is 10.2 Å². The third-order valence-electron chi connectivity index (χ3n) is 3.12. The smallest absolute Gasteiger partial charge is 0.282 e. The fourth-order valence-corrected chi connectivity index (χ4v) is 3.47. The Morgan fingerprint density at radius 1 is 1.61 bits per heavy atom. The van der Waals surface area contributed by atoms with Gasteiger partial charge >= 0.3 is 0 Å². The largest absolute Gasteiger partial charge is 0.390 e. The molecule has 0 spiro atoms. The molecule has 102 valence electrons.